The second kappa shape index (κ2) is 12.5. The van der Waals surface area contributed by atoms with Crippen LogP contribution < -0.4 is 4.74 Å². The van der Waals surface area contributed by atoms with Crippen LogP contribution in [-0.4, -0.2) is 45.7 Å². The van der Waals surface area contributed by atoms with Crippen molar-refractivity contribution in [1.29, 1.82) is 0 Å². The van der Waals surface area contributed by atoms with E-state index in [1.807, 2.05) is 27.7 Å². The van der Waals surface area contributed by atoms with E-state index in [0.29, 0.717) is 37.6 Å². The van der Waals surface area contributed by atoms with E-state index in [1.54, 1.807) is 24.3 Å². The average Bonchev–Trinajstić information content (AvgIpc) is 2.66. The molecule has 28 heavy (non-hydrogen) atoms. The lowest BCUT2D eigenvalue weighted by atomic mass is 10.2. The van der Waals surface area contributed by atoms with E-state index in [-0.39, 0.29) is 0 Å². The lowest BCUT2D eigenvalue weighted by molar-refractivity contribution is -0.136. The Balaban J connectivity index is 3.03. The third-order valence-electron chi connectivity index (χ3n) is 3.84. The number of ether oxygens (including phenoxy) is 1. The zero-order valence-electron chi connectivity index (χ0n) is 17.0. The zero-order valence-corrected chi connectivity index (χ0v) is 18.0. The maximum Gasteiger partial charge on any atom is 0.515 e. The molecule has 0 heterocycles. The monoisotopic (exact) mass is 410 g/mol. The molecule has 1 rings (SSSR count). The molecule has 0 fully saturated rings. The average molecular weight is 411 g/mol. The number of rotatable bonds is 13. The minimum absolute atomic E-state index is 0.367. The Morgan fingerprint density at radius 3 is 1.96 bits per heavy atom. The SMILES string of the molecule is CCCC(C(=O)Oc1ccc(/C=C/C(=O)O)cc1)[Si](OCC)(OCC)OCC. The predicted molar refractivity (Wildman–Crippen MR) is 108 cm³/mol. The molecule has 0 saturated carbocycles. The predicted octanol–water partition coefficient (Wildman–Crippen LogP) is 3.91. The third kappa shape index (κ3) is 7.20. The second-order valence-electron chi connectivity index (χ2n) is 5.91. The van der Waals surface area contributed by atoms with Gasteiger partial charge < -0.3 is 23.1 Å². The van der Waals surface area contributed by atoms with Gasteiger partial charge >= 0.3 is 20.7 Å². The molecule has 7 nitrogen and oxygen atoms in total. The number of hydrogen-bond acceptors (Lipinski definition) is 6. The van der Waals surface area contributed by atoms with Crippen LogP contribution in [0.4, 0.5) is 0 Å². The van der Waals surface area contributed by atoms with Crippen molar-refractivity contribution in [3.8, 4) is 5.75 Å². The van der Waals surface area contributed by atoms with Gasteiger partial charge in [0.2, 0.25) is 0 Å². The van der Waals surface area contributed by atoms with Gasteiger partial charge in [-0.2, -0.15) is 0 Å². The lowest BCUT2D eigenvalue weighted by Gasteiger charge is -2.33. The van der Waals surface area contributed by atoms with Crippen molar-refractivity contribution < 1.29 is 32.7 Å². The molecule has 1 unspecified atom stereocenters. The largest absolute Gasteiger partial charge is 0.515 e. The highest BCUT2D eigenvalue weighted by Crippen LogP contribution is 2.32. The van der Waals surface area contributed by atoms with Crippen LogP contribution in [0.5, 0.6) is 5.75 Å². The molecule has 0 aromatic heterocycles. The summed E-state index contributed by atoms with van der Waals surface area (Å²) in [6, 6.07) is 6.59. The van der Waals surface area contributed by atoms with E-state index >= 15 is 0 Å². The van der Waals surface area contributed by atoms with Crippen molar-refractivity contribution in [2.75, 3.05) is 19.8 Å². The van der Waals surface area contributed by atoms with Crippen molar-refractivity contribution >= 4 is 26.8 Å². The highest BCUT2D eigenvalue weighted by Gasteiger charge is 2.53. The first-order chi connectivity index (χ1) is 13.4. The molecule has 0 saturated heterocycles. The van der Waals surface area contributed by atoms with Gasteiger partial charge in [0.15, 0.2) is 0 Å². The number of benzene rings is 1. The first-order valence-electron chi connectivity index (χ1n) is 9.56. The third-order valence-corrected chi connectivity index (χ3v) is 7.29. The molecule has 156 valence electrons. The highest BCUT2D eigenvalue weighted by molar-refractivity contribution is 6.66. The molecule has 1 aromatic rings. The number of aliphatic carboxylic acids is 1. The molecule has 0 aliphatic rings. The zero-order chi connectivity index (χ0) is 21.0. The number of carboxylic acid groups (broad SMARTS) is 1. The maximum absolute atomic E-state index is 13.0. The molecule has 1 N–H and O–H groups in total. The van der Waals surface area contributed by atoms with Gasteiger partial charge in [-0.05, 0) is 51.0 Å². The summed E-state index contributed by atoms with van der Waals surface area (Å²) in [5, 5.41) is 8.68. The van der Waals surface area contributed by atoms with E-state index in [9.17, 15) is 9.59 Å². The highest BCUT2D eigenvalue weighted by atomic mass is 28.4. The van der Waals surface area contributed by atoms with Gasteiger partial charge in [-0.1, -0.05) is 25.5 Å². The maximum atomic E-state index is 13.0. The summed E-state index contributed by atoms with van der Waals surface area (Å²) in [6.45, 7) is 8.65. The van der Waals surface area contributed by atoms with Crippen molar-refractivity contribution in [3.63, 3.8) is 0 Å². The van der Waals surface area contributed by atoms with Gasteiger partial charge in [0, 0.05) is 25.9 Å². The topological polar surface area (TPSA) is 91.3 Å². The van der Waals surface area contributed by atoms with Crippen LogP contribution in [0.1, 0.15) is 46.1 Å². The van der Waals surface area contributed by atoms with Gasteiger partial charge in [-0.15, -0.1) is 0 Å². The van der Waals surface area contributed by atoms with Crippen molar-refractivity contribution in [3.05, 3.63) is 35.9 Å². The minimum Gasteiger partial charge on any atom is -0.478 e. The molecule has 0 amide bonds. The Bertz CT molecular complexity index is 625. The fourth-order valence-corrected chi connectivity index (χ4v) is 5.81. The first kappa shape index (κ1) is 24.0. The molecular weight excluding hydrogens is 380 g/mol. The van der Waals surface area contributed by atoms with Crippen LogP contribution in [0, 0.1) is 0 Å². The Hall–Kier alpha value is -2.00. The van der Waals surface area contributed by atoms with Gasteiger partial charge in [0.1, 0.15) is 11.3 Å². The fourth-order valence-electron chi connectivity index (χ4n) is 2.76. The van der Waals surface area contributed by atoms with E-state index in [2.05, 4.69) is 0 Å². The van der Waals surface area contributed by atoms with E-state index in [0.717, 1.165) is 12.5 Å². The van der Waals surface area contributed by atoms with Crippen molar-refractivity contribution in [2.24, 2.45) is 0 Å². The quantitative estimate of drug-likeness (QED) is 0.228. The molecule has 1 atom stereocenters. The summed E-state index contributed by atoms with van der Waals surface area (Å²) in [7, 11) is -3.25. The molecule has 1 aromatic carbocycles. The Morgan fingerprint density at radius 1 is 1.00 bits per heavy atom. The van der Waals surface area contributed by atoms with Crippen LogP contribution in [0.2, 0.25) is 5.54 Å². The molecule has 8 heteroatoms. The van der Waals surface area contributed by atoms with Crippen molar-refractivity contribution in [2.45, 2.75) is 46.1 Å². The van der Waals surface area contributed by atoms with E-state index < -0.39 is 26.3 Å². The van der Waals surface area contributed by atoms with Crippen LogP contribution in [0.3, 0.4) is 0 Å². The first-order valence-corrected chi connectivity index (χ1v) is 11.4. The summed E-state index contributed by atoms with van der Waals surface area (Å²) < 4.78 is 23.2. The summed E-state index contributed by atoms with van der Waals surface area (Å²) in [5.41, 5.74) is 0.0675. The summed E-state index contributed by atoms with van der Waals surface area (Å²) in [4.78, 5) is 23.5. The summed E-state index contributed by atoms with van der Waals surface area (Å²) in [6.07, 6.45) is 3.79. The molecule has 0 spiro atoms. The van der Waals surface area contributed by atoms with Gasteiger partial charge in [0.25, 0.3) is 0 Å². The van der Waals surface area contributed by atoms with Crippen LogP contribution >= 0.6 is 0 Å². The van der Waals surface area contributed by atoms with E-state index in [1.165, 1.54) is 6.08 Å². The number of carboxylic acids is 1. The Kier molecular flexibility index (Phi) is 10.7. The summed E-state index contributed by atoms with van der Waals surface area (Å²) >= 11 is 0. The molecule has 0 aliphatic heterocycles. The molecule has 0 radical (unpaired) electrons. The van der Waals surface area contributed by atoms with Crippen molar-refractivity contribution in [1.82, 2.24) is 0 Å². The smallest absolute Gasteiger partial charge is 0.478 e. The molecule has 0 bridgehead atoms. The molecular formula is C20H30O7Si. The minimum atomic E-state index is -3.25. The Labute approximate surface area is 167 Å². The normalized spacial score (nSPS) is 12.9. The van der Waals surface area contributed by atoms with E-state index in [4.69, 9.17) is 23.1 Å². The van der Waals surface area contributed by atoms with Crippen LogP contribution in [-0.2, 0) is 22.9 Å². The second-order valence-corrected chi connectivity index (χ2v) is 8.68. The fraction of sp³-hybridized carbons (Fsp3) is 0.500. The summed E-state index contributed by atoms with van der Waals surface area (Å²) in [5.74, 6) is -1.11. The van der Waals surface area contributed by atoms with Gasteiger partial charge in [0.05, 0.1) is 0 Å². The van der Waals surface area contributed by atoms with Crippen LogP contribution in [0.15, 0.2) is 30.3 Å². The van der Waals surface area contributed by atoms with Gasteiger partial charge in [-0.25, -0.2) is 4.79 Å². The standard InChI is InChI=1S/C20H30O7Si/c1-5-9-18(28(24-6-2,25-7-3)26-8-4)20(23)27-17-13-10-16(11-14-17)12-15-19(21)22/h10-15,18H,5-9H2,1-4H3,(H,21,22)/b15-12+. The Morgan fingerprint density at radius 2 is 1.54 bits per heavy atom. The van der Waals surface area contributed by atoms with Gasteiger partial charge in [-0.3, -0.25) is 4.79 Å². The number of carbonyl (C=O) groups is 2. The van der Waals surface area contributed by atoms with Crippen LogP contribution in [0.25, 0.3) is 6.08 Å². The number of hydrogen-bond donors (Lipinski definition) is 1. The molecule has 0 aliphatic carbocycles. The number of carbonyl (C=O) groups excluding carboxylic acids is 1. The lowest BCUT2D eigenvalue weighted by Crippen LogP contribution is -2.53. The number of esters is 1.